The van der Waals surface area contributed by atoms with E-state index in [4.69, 9.17) is 0 Å². The van der Waals surface area contributed by atoms with E-state index in [1.54, 1.807) is 24.8 Å². The summed E-state index contributed by atoms with van der Waals surface area (Å²) in [6, 6.07) is 11.4. The molecule has 0 aliphatic carbocycles. The maximum Gasteiger partial charge on any atom is 2.00 e. The molecule has 0 aromatic carbocycles. The quantitative estimate of drug-likeness (QED) is 0.0708. The Balaban J connectivity index is -0.0000000639. The first-order valence-corrected chi connectivity index (χ1v) is 27.5. The summed E-state index contributed by atoms with van der Waals surface area (Å²) >= 11 is 0. The molecule has 0 saturated heterocycles. The van der Waals surface area contributed by atoms with E-state index >= 15 is 0 Å². The van der Waals surface area contributed by atoms with Gasteiger partial charge in [0.1, 0.15) is 0 Å². The van der Waals surface area contributed by atoms with Crippen LogP contribution >= 0.6 is 0 Å². The molecule has 0 saturated carbocycles. The van der Waals surface area contributed by atoms with Gasteiger partial charge < -0.3 is 79.2 Å². The van der Waals surface area contributed by atoms with E-state index in [1.807, 2.05) is 91.8 Å². The van der Waals surface area contributed by atoms with Crippen molar-refractivity contribution in [1.29, 1.82) is 0 Å². The van der Waals surface area contributed by atoms with Gasteiger partial charge in [-0.2, -0.15) is 0 Å². The molecule has 0 spiro atoms. The van der Waals surface area contributed by atoms with Crippen LogP contribution in [0.1, 0.15) is 261 Å². The molecule has 2 heterocycles. The first kappa shape index (κ1) is 105. The number of aliphatic carboxylic acids is 8. The van der Waals surface area contributed by atoms with Crippen molar-refractivity contribution in [1.82, 2.24) is 9.97 Å². The molecule has 2 aromatic rings. The molecule has 18 nitrogen and oxygen atoms in total. The van der Waals surface area contributed by atoms with Crippen molar-refractivity contribution in [2.75, 3.05) is 0 Å². The molecule has 0 unspecified atom stereocenters. The van der Waals surface area contributed by atoms with Crippen LogP contribution in [0.4, 0.5) is 0 Å². The van der Waals surface area contributed by atoms with E-state index in [-0.39, 0.29) is 129 Å². The summed E-state index contributed by atoms with van der Waals surface area (Å²) < 4.78 is 0. The summed E-state index contributed by atoms with van der Waals surface area (Å²) in [7, 11) is 0. The number of aromatic nitrogens is 2. The third kappa shape index (κ3) is 171. The number of hydrogen-bond donors (Lipinski definition) is 0. The second-order valence-electron chi connectivity index (χ2n) is 16.7. The number of hydrogen-bond acceptors (Lipinski definition) is 18. The van der Waals surface area contributed by atoms with Crippen LogP contribution in [-0.4, -0.2) is 57.7 Å². The summed E-state index contributed by atoms with van der Waals surface area (Å²) in [5.41, 5.74) is 0. The molecule has 2 rings (SSSR count). The van der Waals surface area contributed by atoms with Crippen LogP contribution in [0.5, 0.6) is 0 Å². The van der Waals surface area contributed by atoms with Gasteiger partial charge in [0.15, 0.2) is 0 Å². The van der Waals surface area contributed by atoms with E-state index in [9.17, 15) is 79.2 Å². The fourth-order valence-electron chi connectivity index (χ4n) is 4.78. The molecule has 0 amide bonds. The van der Waals surface area contributed by atoms with Crippen molar-refractivity contribution < 1.29 is 157 Å². The molecule has 80 heavy (non-hydrogen) atoms. The van der Waals surface area contributed by atoms with Crippen LogP contribution < -0.4 is 40.9 Å². The minimum atomic E-state index is -0.932. The van der Waals surface area contributed by atoms with Crippen molar-refractivity contribution in [2.24, 2.45) is 0 Å². The Bertz CT molecular complexity index is 1200. The first-order chi connectivity index (χ1) is 36.2. The van der Waals surface area contributed by atoms with Gasteiger partial charge in [0, 0.05) is 72.5 Å². The second-order valence-corrected chi connectivity index (χ2v) is 16.7. The standard InChI is InChI=1S/8C6H12O2.2C5H5N.4Rh/c8*1-2-3-4-5-6(7)8;2*1-2-4-6-5-3-1;;;;/h8*2-5H2,1H3,(H,7,8);2*1-5H;;;;/q;;;;;;;;;;4*+2/p-8. The van der Waals surface area contributed by atoms with Crippen molar-refractivity contribution in [3.8, 4) is 0 Å². The third-order valence-electron chi connectivity index (χ3n) is 9.01. The Morgan fingerprint density at radius 3 is 0.388 bits per heavy atom. The summed E-state index contributed by atoms with van der Waals surface area (Å²) in [5.74, 6) is -7.46. The van der Waals surface area contributed by atoms with Gasteiger partial charge in [-0.15, -0.1) is 0 Å². The third-order valence-corrected chi connectivity index (χ3v) is 9.01. The van der Waals surface area contributed by atoms with Crippen LogP contribution in [0.15, 0.2) is 61.2 Å². The van der Waals surface area contributed by atoms with Crippen molar-refractivity contribution in [3.05, 3.63) is 61.2 Å². The summed E-state index contributed by atoms with van der Waals surface area (Å²) in [4.78, 5) is 85.7. The monoisotopic (exact) mass is 1490 g/mol. The number of carboxylic acids is 8. The van der Waals surface area contributed by atoms with Crippen molar-refractivity contribution >= 4 is 47.8 Å². The number of unbranched alkanes of at least 4 members (excludes halogenated alkanes) is 16. The molecule has 4 radical (unpaired) electrons. The Kier molecular flexibility index (Phi) is 132. The predicted molar refractivity (Wildman–Crippen MR) is 282 cm³/mol. The molecule has 0 bridgehead atoms. The zero-order valence-electron chi connectivity index (χ0n) is 49.2. The van der Waals surface area contributed by atoms with Gasteiger partial charge in [0.2, 0.25) is 0 Å². The summed E-state index contributed by atoms with van der Waals surface area (Å²) in [6.45, 7) is 16.3. The van der Waals surface area contributed by atoms with E-state index < -0.39 is 47.8 Å². The normalized spacial score (nSPS) is 8.50. The minimum Gasteiger partial charge on any atom is -0.550 e. The minimum absolute atomic E-state index is 0. The largest absolute Gasteiger partial charge is 2.00 e. The van der Waals surface area contributed by atoms with E-state index in [2.05, 4.69) is 9.97 Å². The van der Waals surface area contributed by atoms with Gasteiger partial charge in [-0.05, 0) is 127 Å². The molecule has 472 valence electrons. The Morgan fingerprint density at radius 2 is 0.338 bits per heavy atom. The van der Waals surface area contributed by atoms with Crippen LogP contribution in [0, 0.1) is 0 Å². The molecule has 2 aromatic heterocycles. The number of carbonyl (C=O) groups excluding carboxylic acids is 8. The molecular weight excluding hydrogens is 1390 g/mol. The Labute approximate surface area is 533 Å². The zero-order valence-corrected chi connectivity index (χ0v) is 55.7. The van der Waals surface area contributed by atoms with Gasteiger partial charge in [-0.25, -0.2) is 0 Å². The topological polar surface area (TPSA) is 347 Å². The van der Waals surface area contributed by atoms with Gasteiger partial charge in [0.25, 0.3) is 0 Å². The maximum atomic E-state index is 9.76. The second kappa shape index (κ2) is 101. The van der Waals surface area contributed by atoms with Gasteiger partial charge in [-0.3, -0.25) is 9.97 Å². The van der Waals surface area contributed by atoms with Gasteiger partial charge >= 0.3 is 77.9 Å². The molecule has 0 fully saturated rings. The van der Waals surface area contributed by atoms with Crippen LogP contribution in [0.2, 0.25) is 0 Å². The average Bonchev–Trinajstić information content (AvgIpc) is 3.37. The molecule has 0 aliphatic rings. The SMILES string of the molecule is CCCCCC(=O)[O-].CCCCCC(=O)[O-].CCCCCC(=O)[O-].CCCCCC(=O)[O-].CCCCCC(=O)[O-].CCCCCC(=O)[O-].CCCCCC(=O)[O-].CCCCCC(=O)[O-].[Rh+2].[Rh+2].[Rh+2].[Rh+2].c1ccncc1.c1ccncc1. The zero-order chi connectivity index (χ0) is 59.7. The molecular formula is C58H98N2O16Rh4. The summed E-state index contributed by atoms with van der Waals surface area (Å²) in [6.07, 6.45) is 31.3. The Morgan fingerprint density at radius 1 is 0.225 bits per heavy atom. The fourth-order valence-corrected chi connectivity index (χ4v) is 4.78. The number of rotatable bonds is 32. The maximum absolute atomic E-state index is 9.76. The molecule has 0 N–H and O–H groups in total. The van der Waals surface area contributed by atoms with Crippen molar-refractivity contribution in [3.63, 3.8) is 0 Å². The summed E-state index contributed by atoms with van der Waals surface area (Å²) in [5, 5.41) is 78.1. The smallest absolute Gasteiger partial charge is 0.550 e. The predicted octanol–water partition coefficient (Wildman–Crippen LogP) is 4.69. The van der Waals surface area contributed by atoms with E-state index in [0.29, 0.717) is 0 Å². The molecule has 22 heteroatoms. The van der Waals surface area contributed by atoms with E-state index in [0.717, 1.165) is 154 Å². The number of carboxylic acid groups (broad SMARTS) is 8. The van der Waals surface area contributed by atoms with Gasteiger partial charge in [-0.1, -0.05) is 170 Å². The van der Waals surface area contributed by atoms with Crippen LogP contribution in [-0.2, 0) is 116 Å². The molecule has 0 aliphatic heterocycles. The Hall–Kier alpha value is -3.45. The van der Waals surface area contributed by atoms with Gasteiger partial charge in [0.05, 0.1) is 0 Å². The first-order valence-electron chi connectivity index (χ1n) is 27.5. The van der Waals surface area contributed by atoms with E-state index in [1.165, 1.54) is 0 Å². The number of pyridine rings is 2. The average molecular weight is 1490 g/mol. The number of carbonyl (C=O) groups is 8. The van der Waals surface area contributed by atoms with Crippen LogP contribution in [0.3, 0.4) is 0 Å². The van der Waals surface area contributed by atoms with Crippen molar-refractivity contribution in [2.45, 2.75) is 261 Å². The van der Waals surface area contributed by atoms with Crippen LogP contribution in [0.25, 0.3) is 0 Å². The number of nitrogens with zero attached hydrogens (tertiary/aromatic N) is 2. The molecule has 0 atom stereocenters. The fraction of sp³-hybridized carbons (Fsp3) is 0.690.